The minimum absolute atomic E-state index is 0.112. The number of hydrogen-bond donors (Lipinski definition) is 2. The average molecular weight is 308 g/mol. The van der Waals surface area contributed by atoms with Crippen molar-refractivity contribution in [2.24, 2.45) is 5.41 Å². The molecule has 1 aromatic carbocycles. The van der Waals surface area contributed by atoms with Crippen molar-refractivity contribution in [2.75, 3.05) is 13.2 Å². The molecule has 0 atom stereocenters. The van der Waals surface area contributed by atoms with Crippen LogP contribution in [-0.4, -0.2) is 24.2 Å². The number of carbonyl (C=O) groups is 1. The largest absolute Gasteiger partial charge is 0.451 e. The van der Waals surface area contributed by atoms with Gasteiger partial charge in [0.15, 0.2) is 5.76 Å². The second-order valence-electron chi connectivity index (χ2n) is 5.99. The van der Waals surface area contributed by atoms with Gasteiger partial charge in [0, 0.05) is 27.9 Å². The Morgan fingerprint density at radius 2 is 2.14 bits per heavy atom. The molecule has 0 unspecified atom stereocenters. The summed E-state index contributed by atoms with van der Waals surface area (Å²) < 4.78 is 5.68. The predicted octanol–water partition coefficient (Wildman–Crippen LogP) is 3.21. The Bertz CT molecular complexity index is 716. The number of rotatable bonds is 4. The number of amides is 1. The van der Waals surface area contributed by atoms with E-state index in [1.165, 1.54) is 0 Å². The van der Waals surface area contributed by atoms with Crippen molar-refractivity contribution < 1.29 is 14.3 Å². The van der Waals surface area contributed by atoms with E-state index in [2.05, 4.69) is 5.32 Å². The summed E-state index contributed by atoms with van der Waals surface area (Å²) in [6.07, 6.45) is 1.91. The first-order valence-electron chi connectivity index (χ1n) is 7.04. The van der Waals surface area contributed by atoms with Crippen LogP contribution in [-0.2, 0) is 0 Å². The molecule has 2 N–H and O–H groups in total. The molecule has 112 valence electrons. The molecule has 3 rings (SSSR count). The van der Waals surface area contributed by atoms with Crippen molar-refractivity contribution in [3.05, 3.63) is 34.0 Å². The first-order chi connectivity index (χ1) is 9.96. The van der Waals surface area contributed by atoms with Gasteiger partial charge in [-0.25, -0.2) is 0 Å². The zero-order chi connectivity index (χ0) is 15.2. The number of carbonyl (C=O) groups excluding carboxylic acids is 1. The van der Waals surface area contributed by atoms with E-state index < -0.39 is 0 Å². The summed E-state index contributed by atoms with van der Waals surface area (Å²) in [5, 5.41) is 13.7. The van der Waals surface area contributed by atoms with E-state index in [1.54, 1.807) is 0 Å². The van der Waals surface area contributed by atoms with E-state index in [0.29, 0.717) is 22.9 Å². The Kier molecular flexibility index (Phi) is 3.46. The lowest BCUT2D eigenvalue weighted by Gasteiger charge is -2.11. The van der Waals surface area contributed by atoms with E-state index in [1.807, 2.05) is 26.0 Å². The molecule has 1 aromatic heterocycles. The normalized spacial score (nSPS) is 16.2. The van der Waals surface area contributed by atoms with Crippen molar-refractivity contribution in [2.45, 2.75) is 26.7 Å². The first-order valence-corrected chi connectivity index (χ1v) is 7.42. The number of aliphatic hydroxyl groups excluding tert-OH is 1. The maximum atomic E-state index is 12.3. The molecule has 1 saturated carbocycles. The maximum Gasteiger partial charge on any atom is 0.287 e. The molecular weight excluding hydrogens is 290 g/mol. The third kappa shape index (κ3) is 2.54. The summed E-state index contributed by atoms with van der Waals surface area (Å²) in [5.74, 6) is 0.0811. The van der Waals surface area contributed by atoms with Crippen LogP contribution in [0.4, 0.5) is 0 Å². The van der Waals surface area contributed by atoms with Gasteiger partial charge in [0.05, 0.1) is 6.61 Å². The SMILES string of the molecule is Cc1cc2oc(C(=O)NCC3(CO)CC3)c(C)c2cc1Cl. The predicted molar refractivity (Wildman–Crippen MR) is 81.8 cm³/mol. The lowest BCUT2D eigenvalue weighted by molar-refractivity contribution is 0.0909. The van der Waals surface area contributed by atoms with Crippen molar-refractivity contribution in [1.29, 1.82) is 0 Å². The van der Waals surface area contributed by atoms with Crippen LogP contribution in [0.15, 0.2) is 16.5 Å². The molecule has 21 heavy (non-hydrogen) atoms. The van der Waals surface area contributed by atoms with Crippen LogP contribution in [0.3, 0.4) is 0 Å². The molecule has 0 radical (unpaired) electrons. The monoisotopic (exact) mass is 307 g/mol. The van der Waals surface area contributed by atoms with Gasteiger partial charge in [0.25, 0.3) is 5.91 Å². The zero-order valence-electron chi connectivity index (χ0n) is 12.1. The second kappa shape index (κ2) is 5.04. The highest BCUT2D eigenvalue weighted by atomic mass is 35.5. The minimum Gasteiger partial charge on any atom is -0.451 e. The fourth-order valence-corrected chi connectivity index (χ4v) is 2.64. The minimum atomic E-state index is -0.239. The smallest absolute Gasteiger partial charge is 0.287 e. The summed E-state index contributed by atoms with van der Waals surface area (Å²) in [6.45, 7) is 4.35. The fraction of sp³-hybridized carbons (Fsp3) is 0.438. The van der Waals surface area contributed by atoms with Gasteiger partial charge in [0.1, 0.15) is 5.58 Å². The number of nitrogens with one attached hydrogen (secondary N) is 1. The van der Waals surface area contributed by atoms with Crippen LogP contribution in [0.25, 0.3) is 11.0 Å². The van der Waals surface area contributed by atoms with Gasteiger partial charge >= 0.3 is 0 Å². The van der Waals surface area contributed by atoms with Crippen LogP contribution in [0, 0.1) is 19.3 Å². The summed E-state index contributed by atoms with van der Waals surface area (Å²) in [5.41, 5.74) is 2.26. The third-order valence-corrected chi connectivity index (χ3v) is 4.75. The molecule has 0 bridgehead atoms. The molecule has 1 heterocycles. The highest BCUT2D eigenvalue weighted by Gasteiger charge is 2.42. The van der Waals surface area contributed by atoms with E-state index >= 15 is 0 Å². The number of furan rings is 1. The molecule has 1 fully saturated rings. The number of aliphatic hydroxyl groups is 1. The molecule has 0 saturated heterocycles. The molecule has 1 aliphatic rings. The zero-order valence-corrected chi connectivity index (χ0v) is 12.9. The van der Waals surface area contributed by atoms with Crippen molar-refractivity contribution >= 4 is 28.5 Å². The summed E-state index contributed by atoms with van der Waals surface area (Å²) in [7, 11) is 0. The Balaban J connectivity index is 1.86. The molecule has 4 nitrogen and oxygen atoms in total. The molecule has 2 aromatic rings. The Morgan fingerprint density at radius 3 is 2.76 bits per heavy atom. The van der Waals surface area contributed by atoms with E-state index in [4.69, 9.17) is 16.0 Å². The van der Waals surface area contributed by atoms with Gasteiger partial charge in [-0.2, -0.15) is 0 Å². The number of hydrogen-bond acceptors (Lipinski definition) is 3. The highest BCUT2D eigenvalue weighted by molar-refractivity contribution is 6.32. The van der Waals surface area contributed by atoms with Crippen LogP contribution < -0.4 is 5.32 Å². The standard InChI is InChI=1S/C16H18ClNO3/c1-9-5-13-11(6-12(9)17)10(2)14(21-13)15(20)18-7-16(8-19)3-4-16/h5-6,19H,3-4,7-8H2,1-2H3,(H,18,20). The molecule has 0 spiro atoms. The first kappa shape index (κ1) is 14.4. The molecule has 1 amide bonds. The molecular formula is C16H18ClNO3. The molecule has 1 aliphatic carbocycles. The van der Waals surface area contributed by atoms with Crippen LogP contribution in [0.5, 0.6) is 0 Å². The third-order valence-electron chi connectivity index (χ3n) is 4.34. The summed E-state index contributed by atoms with van der Waals surface area (Å²) in [6, 6.07) is 3.68. The van der Waals surface area contributed by atoms with Gasteiger partial charge in [-0.15, -0.1) is 0 Å². The van der Waals surface area contributed by atoms with Crippen molar-refractivity contribution in [3.63, 3.8) is 0 Å². The highest BCUT2D eigenvalue weighted by Crippen LogP contribution is 2.44. The topological polar surface area (TPSA) is 62.5 Å². The van der Waals surface area contributed by atoms with Crippen molar-refractivity contribution in [3.8, 4) is 0 Å². The second-order valence-corrected chi connectivity index (χ2v) is 6.40. The van der Waals surface area contributed by atoms with Crippen molar-refractivity contribution in [1.82, 2.24) is 5.32 Å². The van der Waals surface area contributed by atoms with Gasteiger partial charge < -0.3 is 14.8 Å². The number of benzene rings is 1. The van der Waals surface area contributed by atoms with Gasteiger partial charge in [-0.05, 0) is 44.4 Å². The van der Waals surface area contributed by atoms with Crippen LogP contribution in [0.1, 0.15) is 34.5 Å². The summed E-state index contributed by atoms with van der Waals surface area (Å²) in [4.78, 5) is 12.3. The number of fused-ring (bicyclic) bond motifs is 1. The van der Waals surface area contributed by atoms with Crippen LogP contribution >= 0.6 is 11.6 Å². The summed E-state index contributed by atoms with van der Waals surface area (Å²) >= 11 is 6.13. The average Bonchev–Trinajstić information content (AvgIpc) is 3.19. The van der Waals surface area contributed by atoms with Gasteiger partial charge in [0.2, 0.25) is 0 Å². The van der Waals surface area contributed by atoms with E-state index in [-0.39, 0.29) is 17.9 Å². The van der Waals surface area contributed by atoms with Gasteiger partial charge in [-0.3, -0.25) is 4.79 Å². The Hall–Kier alpha value is -1.52. The Labute approximate surface area is 128 Å². The maximum absolute atomic E-state index is 12.3. The van der Waals surface area contributed by atoms with Gasteiger partial charge in [-0.1, -0.05) is 11.6 Å². The fourth-order valence-electron chi connectivity index (χ4n) is 2.47. The quantitative estimate of drug-likeness (QED) is 0.911. The lowest BCUT2D eigenvalue weighted by atomic mass is 10.1. The number of aryl methyl sites for hydroxylation is 2. The molecule has 5 heteroatoms. The number of halogens is 1. The van der Waals surface area contributed by atoms with E-state index in [9.17, 15) is 9.90 Å². The lowest BCUT2D eigenvalue weighted by Crippen LogP contribution is -2.31. The molecule has 0 aliphatic heterocycles. The van der Waals surface area contributed by atoms with Crippen LogP contribution in [0.2, 0.25) is 5.02 Å². The Morgan fingerprint density at radius 1 is 1.43 bits per heavy atom. The van der Waals surface area contributed by atoms with E-state index in [0.717, 1.165) is 29.4 Å².